The second kappa shape index (κ2) is 6.56. The van der Waals surface area contributed by atoms with Crippen LogP contribution in [0.4, 0.5) is 13.2 Å². The molecule has 1 aromatic carbocycles. The van der Waals surface area contributed by atoms with E-state index in [0.29, 0.717) is 18.5 Å². The number of amides is 1. The van der Waals surface area contributed by atoms with E-state index in [9.17, 15) is 18.0 Å². The van der Waals surface area contributed by atoms with E-state index in [4.69, 9.17) is 5.73 Å². The molecule has 0 aliphatic rings. The molecule has 0 saturated heterocycles. The first-order valence-corrected chi connectivity index (χ1v) is 5.98. The van der Waals surface area contributed by atoms with Gasteiger partial charge in [-0.05, 0) is 30.7 Å². The molecule has 1 atom stereocenters. The Morgan fingerprint density at radius 3 is 2.68 bits per heavy atom. The summed E-state index contributed by atoms with van der Waals surface area (Å²) < 4.78 is 37.5. The van der Waals surface area contributed by atoms with Gasteiger partial charge in [0.15, 0.2) is 0 Å². The van der Waals surface area contributed by atoms with Crippen LogP contribution in [0.1, 0.15) is 24.5 Å². The average Bonchev–Trinajstić information content (AvgIpc) is 2.35. The van der Waals surface area contributed by atoms with Crippen molar-refractivity contribution in [1.29, 1.82) is 0 Å². The molecule has 0 aromatic heterocycles. The standard InChI is InChI=1S/C13H17F3N2O/c1-9(5-6-17)12(19)18-8-10-3-2-4-11(7-10)13(14,15)16/h2-4,7,9H,5-6,8,17H2,1H3,(H,18,19). The van der Waals surface area contributed by atoms with Crippen LogP contribution in [0.25, 0.3) is 0 Å². The highest BCUT2D eigenvalue weighted by Crippen LogP contribution is 2.29. The number of nitrogens with one attached hydrogen (secondary N) is 1. The number of hydrogen-bond donors (Lipinski definition) is 2. The molecule has 0 aliphatic heterocycles. The number of halogens is 3. The minimum atomic E-state index is -4.37. The number of carbonyl (C=O) groups excluding carboxylic acids is 1. The molecule has 0 spiro atoms. The fraction of sp³-hybridized carbons (Fsp3) is 0.462. The van der Waals surface area contributed by atoms with Crippen molar-refractivity contribution in [3.63, 3.8) is 0 Å². The van der Waals surface area contributed by atoms with Gasteiger partial charge < -0.3 is 11.1 Å². The van der Waals surface area contributed by atoms with Gasteiger partial charge in [0.1, 0.15) is 0 Å². The molecule has 3 nitrogen and oxygen atoms in total. The molecule has 0 aliphatic carbocycles. The summed E-state index contributed by atoms with van der Waals surface area (Å²) >= 11 is 0. The Hall–Kier alpha value is -1.56. The molecule has 1 amide bonds. The maximum absolute atomic E-state index is 12.5. The van der Waals surface area contributed by atoms with Crippen LogP contribution in [0.2, 0.25) is 0 Å². The first kappa shape index (κ1) is 15.5. The van der Waals surface area contributed by atoms with E-state index in [0.717, 1.165) is 12.1 Å². The van der Waals surface area contributed by atoms with Crippen molar-refractivity contribution in [1.82, 2.24) is 5.32 Å². The molecule has 106 valence electrons. The molecule has 0 heterocycles. The van der Waals surface area contributed by atoms with Gasteiger partial charge in [0.05, 0.1) is 5.56 Å². The van der Waals surface area contributed by atoms with E-state index in [1.807, 2.05) is 0 Å². The second-order valence-corrected chi connectivity index (χ2v) is 4.39. The number of carbonyl (C=O) groups is 1. The van der Waals surface area contributed by atoms with Crippen molar-refractivity contribution >= 4 is 5.91 Å². The van der Waals surface area contributed by atoms with Crippen molar-refractivity contribution in [2.75, 3.05) is 6.54 Å². The fourth-order valence-corrected chi connectivity index (χ4v) is 1.60. The summed E-state index contributed by atoms with van der Waals surface area (Å²) in [5, 5.41) is 2.60. The number of alkyl halides is 3. The predicted octanol–water partition coefficient (Wildman–Crippen LogP) is 2.31. The first-order valence-electron chi connectivity index (χ1n) is 5.98. The highest BCUT2D eigenvalue weighted by atomic mass is 19.4. The monoisotopic (exact) mass is 274 g/mol. The quantitative estimate of drug-likeness (QED) is 0.865. The number of nitrogens with two attached hydrogens (primary N) is 1. The van der Waals surface area contributed by atoms with Crippen LogP contribution < -0.4 is 11.1 Å². The Morgan fingerprint density at radius 2 is 2.11 bits per heavy atom. The Balaban J connectivity index is 2.61. The zero-order valence-corrected chi connectivity index (χ0v) is 10.6. The lowest BCUT2D eigenvalue weighted by Gasteiger charge is -2.12. The van der Waals surface area contributed by atoms with E-state index in [-0.39, 0.29) is 18.4 Å². The molecule has 1 rings (SSSR count). The number of hydrogen-bond acceptors (Lipinski definition) is 2. The van der Waals surface area contributed by atoms with Gasteiger partial charge in [0, 0.05) is 12.5 Å². The van der Waals surface area contributed by atoms with Gasteiger partial charge in [0.25, 0.3) is 0 Å². The molecule has 0 bridgehead atoms. The van der Waals surface area contributed by atoms with Crippen LogP contribution in [0.5, 0.6) is 0 Å². The lowest BCUT2D eigenvalue weighted by molar-refractivity contribution is -0.137. The molecule has 19 heavy (non-hydrogen) atoms. The first-order chi connectivity index (χ1) is 8.84. The topological polar surface area (TPSA) is 55.1 Å². The van der Waals surface area contributed by atoms with Crippen LogP contribution in [0.3, 0.4) is 0 Å². The number of rotatable bonds is 5. The van der Waals surface area contributed by atoms with Gasteiger partial charge in [-0.1, -0.05) is 19.1 Å². The number of benzene rings is 1. The highest BCUT2D eigenvalue weighted by Gasteiger charge is 2.30. The summed E-state index contributed by atoms with van der Waals surface area (Å²) in [6, 6.07) is 4.91. The molecule has 1 unspecified atom stereocenters. The predicted molar refractivity (Wildman–Crippen MR) is 66.1 cm³/mol. The SMILES string of the molecule is CC(CCN)C(=O)NCc1cccc(C(F)(F)F)c1. The lowest BCUT2D eigenvalue weighted by Crippen LogP contribution is -2.30. The largest absolute Gasteiger partial charge is 0.416 e. The van der Waals surface area contributed by atoms with Crippen LogP contribution >= 0.6 is 0 Å². The van der Waals surface area contributed by atoms with Gasteiger partial charge in [0.2, 0.25) is 5.91 Å². The van der Waals surface area contributed by atoms with Gasteiger partial charge in [-0.25, -0.2) is 0 Å². The van der Waals surface area contributed by atoms with Crippen molar-refractivity contribution in [3.8, 4) is 0 Å². The van der Waals surface area contributed by atoms with Gasteiger partial charge in [-0.3, -0.25) is 4.79 Å². The maximum Gasteiger partial charge on any atom is 0.416 e. The second-order valence-electron chi connectivity index (χ2n) is 4.39. The summed E-state index contributed by atoms with van der Waals surface area (Å²) in [6.45, 7) is 2.21. The molecule has 1 aromatic rings. The van der Waals surface area contributed by atoms with Crippen LogP contribution in [-0.2, 0) is 17.5 Å². The smallest absolute Gasteiger partial charge is 0.352 e. The molecular formula is C13H17F3N2O. The van der Waals surface area contributed by atoms with Crippen molar-refractivity contribution in [2.45, 2.75) is 26.1 Å². The van der Waals surface area contributed by atoms with Crippen molar-refractivity contribution in [2.24, 2.45) is 11.7 Å². The Morgan fingerprint density at radius 1 is 1.42 bits per heavy atom. The van der Waals surface area contributed by atoms with Crippen LogP contribution in [-0.4, -0.2) is 12.5 Å². The molecule has 6 heteroatoms. The van der Waals surface area contributed by atoms with Crippen molar-refractivity contribution < 1.29 is 18.0 Å². The third-order valence-electron chi connectivity index (χ3n) is 2.77. The van der Waals surface area contributed by atoms with Crippen LogP contribution in [0.15, 0.2) is 24.3 Å². The third-order valence-corrected chi connectivity index (χ3v) is 2.77. The molecule has 0 radical (unpaired) electrons. The van der Waals surface area contributed by atoms with Gasteiger partial charge >= 0.3 is 6.18 Å². The molecule has 0 fully saturated rings. The summed E-state index contributed by atoms with van der Waals surface area (Å²) in [5.74, 6) is -0.446. The molecule has 3 N–H and O–H groups in total. The Bertz CT molecular complexity index is 432. The lowest BCUT2D eigenvalue weighted by atomic mass is 10.1. The summed E-state index contributed by atoms with van der Waals surface area (Å²) in [7, 11) is 0. The fourth-order valence-electron chi connectivity index (χ4n) is 1.60. The van der Waals surface area contributed by atoms with E-state index in [1.54, 1.807) is 13.0 Å². The maximum atomic E-state index is 12.5. The molecule has 0 saturated carbocycles. The summed E-state index contributed by atoms with van der Waals surface area (Å²) in [4.78, 5) is 11.6. The highest BCUT2D eigenvalue weighted by molar-refractivity contribution is 5.78. The zero-order chi connectivity index (χ0) is 14.5. The van der Waals surface area contributed by atoms with Gasteiger partial charge in [-0.15, -0.1) is 0 Å². The summed E-state index contributed by atoms with van der Waals surface area (Å²) in [6.07, 6.45) is -3.82. The average molecular weight is 274 g/mol. The Kier molecular flexibility index (Phi) is 5.35. The normalized spacial score (nSPS) is 13.1. The van der Waals surface area contributed by atoms with Crippen molar-refractivity contribution in [3.05, 3.63) is 35.4 Å². The third kappa shape index (κ3) is 4.90. The molecular weight excluding hydrogens is 257 g/mol. The van der Waals surface area contributed by atoms with E-state index >= 15 is 0 Å². The van der Waals surface area contributed by atoms with E-state index in [1.165, 1.54) is 6.07 Å². The van der Waals surface area contributed by atoms with E-state index in [2.05, 4.69) is 5.32 Å². The Labute approximate surface area is 110 Å². The van der Waals surface area contributed by atoms with E-state index < -0.39 is 11.7 Å². The van der Waals surface area contributed by atoms with Crippen LogP contribution in [0, 0.1) is 5.92 Å². The minimum Gasteiger partial charge on any atom is -0.352 e. The summed E-state index contributed by atoms with van der Waals surface area (Å²) in [5.41, 5.74) is 5.04. The van der Waals surface area contributed by atoms with Gasteiger partial charge in [-0.2, -0.15) is 13.2 Å². The zero-order valence-electron chi connectivity index (χ0n) is 10.6. The minimum absolute atomic E-state index is 0.0810.